The number of aliphatic hydroxyl groups excluding tert-OH is 1. The minimum Gasteiger partial charge on any atom is -0.490 e. The van der Waals surface area contributed by atoms with Gasteiger partial charge in [0.15, 0.2) is 0 Å². The van der Waals surface area contributed by atoms with Gasteiger partial charge in [-0.2, -0.15) is 11.8 Å². The first kappa shape index (κ1) is 15.7. The first-order valence-electron chi connectivity index (χ1n) is 7.44. The Morgan fingerprint density at radius 3 is 3.10 bits per heavy atom. The summed E-state index contributed by atoms with van der Waals surface area (Å²) in [5.41, 5.74) is 0.865. The highest BCUT2D eigenvalue weighted by atomic mass is 79.9. The van der Waals surface area contributed by atoms with Crippen LogP contribution in [0.25, 0.3) is 0 Å². The topological polar surface area (TPSA) is 38.7 Å². The van der Waals surface area contributed by atoms with Crippen molar-refractivity contribution in [3.63, 3.8) is 0 Å². The van der Waals surface area contributed by atoms with Crippen LogP contribution in [0.5, 0.6) is 5.75 Å². The van der Waals surface area contributed by atoms with Gasteiger partial charge < -0.3 is 14.6 Å². The van der Waals surface area contributed by atoms with Crippen LogP contribution >= 0.6 is 27.7 Å². The zero-order chi connectivity index (χ0) is 14.9. The second kappa shape index (κ2) is 6.49. The van der Waals surface area contributed by atoms with Crippen molar-refractivity contribution in [2.45, 2.75) is 44.0 Å². The fourth-order valence-corrected chi connectivity index (χ4v) is 4.80. The van der Waals surface area contributed by atoms with E-state index in [1.807, 2.05) is 30.0 Å². The number of benzene rings is 1. The molecule has 3 atom stereocenters. The molecule has 2 aliphatic heterocycles. The number of thioether (sulfide) groups is 1. The average Bonchev–Trinajstić information content (AvgIpc) is 2.86. The Bertz CT molecular complexity index is 500. The fourth-order valence-electron chi connectivity index (χ4n) is 3.08. The summed E-state index contributed by atoms with van der Waals surface area (Å²) in [4.78, 5) is 0. The van der Waals surface area contributed by atoms with E-state index in [1.165, 1.54) is 5.75 Å². The van der Waals surface area contributed by atoms with Gasteiger partial charge in [0.05, 0.1) is 18.3 Å². The molecule has 2 fully saturated rings. The third-order valence-corrected chi connectivity index (χ3v) is 5.95. The first-order chi connectivity index (χ1) is 10.1. The number of ether oxygens (including phenoxy) is 2. The van der Waals surface area contributed by atoms with Gasteiger partial charge in [-0.25, -0.2) is 0 Å². The van der Waals surface area contributed by atoms with Crippen LogP contribution in [-0.4, -0.2) is 34.9 Å². The Morgan fingerprint density at radius 1 is 1.52 bits per heavy atom. The van der Waals surface area contributed by atoms with Gasteiger partial charge in [0.2, 0.25) is 0 Å². The molecule has 2 saturated heterocycles. The third-order valence-electron chi connectivity index (χ3n) is 4.23. The summed E-state index contributed by atoms with van der Waals surface area (Å²) >= 11 is 5.45. The quantitative estimate of drug-likeness (QED) is 0.871. The highest BCUT2D eigenvalue weighted by molar-refractivity contribution is 9.10. The lowest BCUT2D eigenvalue weighted by atomic mass is 9.91. The summed E-state index contributed by atoms with van der Waals surface area (Å²) in [6, 6.07) is 5.81. The standard InChI is InChI=1S/C16H21BrO3S/c1-11(18)14-3-2-12(17)8-15(14)20-13-4-6-19-16(9-13)5-7-21-10-16/h2-3,8,11,13,18H,4-7,9-10H2,1H3/t11-,13?,16?/m1/s1. The van der Waals surface area contributed by atoms with Gasteiger partial charge in [0.1, 0.15) is 11.9 Å². The van der Waals surface area contributed by atoms with E-state index in [2.05, 4.69) is 15.9 Å². The van der Waals surface area contributed by atoms with E-state index in [9.17, 15) is 5.11 Å². The van der Waals surface area contributed by atoms with E-state index in [4.69, 9.17) is 9.47 Å². The van der Waals surface area contributed by atoms with Gasteiger partial charge >= 0.3 is 0 Å². The van der Waals surface area contributed by atoms with Crippen molar-refractivity contribution in [3.8, 4) is 5.75 Å². The predicted octanol–water partition coefficient (Wildman–Crippen LogP) is 3.94. The largest absolute Gasteiger partial charge is 0.490 e. The summed E-state index contributed by atoms with van der Waals surface area (Å²) in [7, 11) is 0. The van der Waals surface area contributed by atoms with Gasteiger partial charge in [-0.15, -0.1) is 0 Å². The van der Waals surface area contributed by atoms with Crippen LogP contribution in [0.3, 0.4) is 0 Å². The van der Waals surface area contributed by atoms with E-state index in [0.29, 0.717) is 0 Å². The highest BCUT2D eigenvalue weighted by Gasteiger charge is 2.41. The minimum atomic E-state index is -0.524. The van der Waals surface area contributed by atoms with E-state index < -0.39 is 6.10 Å². The summed E-state index contributed by atoms with van der Waals surface area (Å²) in [6.07, 6.45) is 2.64. The maximum atomic E-state index is 9.91. The molecule has 21 heavy (non-hydrogen) atoms. The maximum absolute atomic E-state index is 9.91. The third kappa shape index (κ3) is 3.58. The van der Waals surface area contributed by atoms with Gasteiger partial charge in [-0.3, -0.25) is 0 Å². The number of aliphatic hydroxyl groups is 1. The second-order valence-corrected chi connectivity index (χ2v) is 7.95. The Labute approximate surface area is 138 Å². The summed E-state index contributed by atoms with van der Waals surface area (Å²) < 4.78 is 13.2. The van der Waals surface area contributed by atoms with Crippen LogP contribution in [0.4, 0.5) is 0 Å². The molecule has 0 amide bonds. The molecule has 3 nitrogen and oxygen atoms in total. The summed E-state index contributed by atoms with van der Waals surface area (Å²) in [5.74, 6) is 3.05. The Balaban J connectivity index is 1.75. The van der Waals surface area contributed by atoms with Crippen molar-refractivity contribution in [3.05, 3.63) is 28.2 Å². The van der Waals surface area contributed by atoms with Crippen molar-refractivity contribution in [2.75, 3.05) is 18.1 Å². The van der Waals surface area contributed by atoms with Gasteiger partial charge in [-0.05, 0) is 31.2 Å². The number of hydrogen-bond donors (Lipinski definition) is 1. The lowest BCUT2D eigenvalue weighted by Gasteiger charge is -2.38. The Morgan fingerprint density at radius 2 is 2.38 bits per heavy atom. The SMILES string of the molecule is C[C@@H](O)c1ccc(Br)cc1OC1CCOC2(CCSC2)C1. The van der Waals surface area contributed by atoms with Crippen LogP contribution in [0, 0.1) is 0 Å². The Kier molecular flexibility index (Phi) is 4.84. The van der Waals surface area contributed by atoms with Gasteiger partial charge in [-0.1, -0.05) is 22.0 Å². The minimum absolute atomic E-state index is 0.0184. The molecule has 0 radical (unpaired) electrons. The molecule has 1 aromatic carbocycles. The number of halogens is 1. The molecule has 0 aromatic heterocycles. The monoisotopic (exact) mass is 372 g/mol. The average molecular weight is 373 g/mol. The molecule has 3 rings (SSSR count). The Hall–Kier alpha value is -0.230. The molecule has 1 aromatic rings. The van der Waals surface area contributed by atoms with E-state index in [-0.39, 0.29) is 11.7 Å². The molecule has 2 aliphatic rings. The molecule has 1 N–H and O–H groups in total. The van der Waals surface area contributed by atoms with Crippen molar-refractivity contribution in [1.29, 1.82) is 0 Å². The van der Waals surface area contributed by atoms with Crippen LogP contribution < -0.4 is 4.74 Å². The van der Waals surface area contributed by atoms with Crippen molar-refractivity contribution in [1.82, 2.24) is 0 Å². The lowest BCUT2D eigenvalue weighted by Crippen LogP contribution is -2.43. The molecular weight excluding hydrogens is 352 g/mol. The molecule has 2 heterocycles. The van der Waals surface area contributed by atoms with Crippen molar-refractivity contribution in [2.24, 2.45) is 0 Å². The van der Waals surface area contributed by atoms with E-state index >= 15 is 0 Å². The smallest absolute Gasteiger partial charge is 0.126 e. The summed E-state index contributed by atoms with van der Waals surface area (Å²) in [6.45, 7) is 2.54. The normalized spacial score (nSPS) is 30.5. The molecule has 0 saturated carbocycles. The number of rotatable bonds is 3. The molecule has 0 aliphatic carbocycles. The van der Waals surface area contributed by atoms with E-state index in [1.54, 1.807) is 6.92 Å². The molecule has 2 unspecified atom stereocenters. The highest BCUT2D eigenvalue weighted by Crippen LogP contribution is 2.40. The maximum Gasteiger partial charge on any atom is 0.126 e. The molecule has 5 heteroatoms. The molecular formula is C16H21BrO3S. The molecule has 0 bridgehead atoms. The van der Waals surface area contributed by atoms with Crippen molar-refractivity contribution >= 4 is 27.7 Å². The zero-order valence-corrected chi connectivity index (χ0v) is 14.6. The predicted molar refractivity (Wildman–Crippen MR) is 89.1 cm³/mol. The number of hydrogen-bond acceptors (Lipinski definition) is 4. The van der Waals surface area contributed by atoms with Crippen LogP contribution in [0.1, 0.15) is 37.9 Å². The van der Waals surface area contributed by atoms with Gasteiger partial charge in [0.25, 0.3) is 0 Å². The second-order valence-electron chi connectivity index (χ2n) is 5.92. The van der Waals surface area contributed by atoms with Crippen LogP contribution in [0.2, 0.25) is 0 Å². The van der Waals surface area contributed by atoms with E-state index in [0.717, 1.165) is 47.4 Å². The molecule has 1 spiro atoms. The first-order valence-corrected chi connectivity index (χ1v) is 9.39. The fraction of sp³-hybridized carbons (Fsp3) is 0.625. The zero-order valence-electron chi connectivity index (χ0n) is 12.2. The van der Waals surface area contributed by atoms with Crippen LogP contribution in [0.15, 0.2) is 22.7 Å². The molecule has 116 valence electrons. The van der Waals surface area contributed by atoms with Crippen molar-refractivity contribution < 1.29 is 14.6 Å². The van der Waals surface area contributed by atoms with Gasteiger partial charge in [0, 0.05) is 28.6 Å². The lowest BCUT2D eigenvalue weighted by molar-refractivity contribution is -0.0962. The van der Waals surface area contributed by atoms with Crippen LogP contribution in [-0.2, 0) is 4.74 Å². The summed E-state index contributed by atoms with van der Waals surface area (Å²) in [5, 5.41) is 9.91.